The van der Waals surface area contributed by atoms with Gasteiger partial charge in [-0.25, -0.2) is 4.39 Å². The van der Waals surface area contributed by atoms with Crippen molar-refractivity contribution in [2.75, 3.05) is 11.9 Å². The van der Waals surface area contributed by atoms with Crippen molar-refractivity contribution in [1.29, 1.82) is 0 Å². The van der Waals surface area contributed by atoms with Gasteiger partial charge in [-0.15, -0.1) is 0 Å². The molecule has 0 bridgehead atoms. The summed E-state index contributed by atoms with van der Waals surface area (Å²) in [7, 11) is 0. The van der Waals surface area contributed by atoms with Crippen molar-refractivity contribution in [3.63, 3.8) is 0 Å². The van der Waals surface area contributed by atoms with Crippen LogP contribution in [0.1, 0.15) is 0 Å². The van der Waals surface area contributed by atoms with Crippen LogP contribution >= 0.6 is 23.3 Å². The maximum atomic E-state index is 12.9. The topological polar surface area (TPSA) is 64.1 Å². The minimum absolute atomic E-state index is 0.110. The summed E-state index contributed by atoms with van der Waals surface area (Å²) in [5, 5.41) is 2.81. The van der Waals surface area contributed by atoms with Crippen LogP contribution in [0.3, 0.4) is 0 Å². The van der Waals surface area contributed by atoms with E-state index < -0.39 is 5.82 Å². The minimum Gasteiger partial charge on any atom is -0.482 e. The molecule has 22 heavy (non-hydrogen) atoms. The lowest BCUT2D eigenvalue weighted by Crippen LogP contribution is -2.20. The number of carbonyl (C=O) groups is 1. The zero-order chi connectivity index (χ0) is 15.5. The van der Waals surface area contributed by atoms with E-state index in [1.807, 2.05) is 6.07 Å². The molecule has 0 saturated heterocycles. The van der Waals surface area contributed by atoms with E-state index in [1.54, 1.807) is 12.1 Å². The van der Waals surface area contributed by atoms with Gasteiger partial charge in [-0.1, -0.05) is 17.7 Å². The Morgan fingerprint density at radius 2 is 2.18 bits per heavy atom. The standard InChI is InChI=1S/C14H9ClFN3O2S/c15-9-6-8(16)4-5-12(9)21-7-13(20)17-10-2-1-3-11-14(10)19-22-18-11/h1-6H,7H2,(H,17,20). The number of fused-ring (bicyclic) bond motifs is 1. The van der Waals surface area contributed by atoms with E-state index in [0.29, 0.717) is 16.7 Å². The molecule has 3 aromatic rings. The van der Waals surface area contributed by atoms with Crippen LogP contribution in [0.25, 0.3) is 11.0 Å². The molecule has 0 aliphatic rings. The third-order valence-corrected chi connectivity index (χ3v) is 3.65. The number of halogens is 2. The van der Waals surface area contributed by atoms with E-state index in [-0.39, 0.29) is 23.3 Å². The van der Waals surface area contributed by atoms with Gasteiger partial charge in [0.05, 0.1) is 22.4 Å². The summed E-state index contributed by atoms with van der Waals surface area (Å²) in [6, 6.07) is 9.01. The number of carbonyl (C=O) groups excluding carboxylic acids is 1. The molecule has 112 valence electrons. The molecule has 0 atom stereocenters. The van der Waals surface area contributed by atoms with Crippen LogP contribution in [-0.2, 0) is 4.79 Å². The number of rotatable bonds is 4. The van der Waals surface area contributed by atoms with Crippen LogP contribution in [0, 0.1) is 5.82 Å². The van der Waals surface area contributed by atoms with Crippen LogP contribution in [0.2, 0.25) is 5.02 Å². The molecular formula is C14H9ClFN3O2S. The van der Waals surface area contributed by atoms with E-state index in [4.69, 9.17) is 16.3 Å². The van der Waals surface area contributed by atoms with Gasteiger partial charge in [0.2, 0.25) is 0 Å². The second-order valence-electron chi connectivity index (χ2n) is 4.35. The SMILES string of the molecule is O=C(COc1ccc(F)cc1Cl)Nc1cccc2nsnc12. The highest BCUT2D eigenvalue weighted by atomic mass is 35.5. The summed E-state index contributed by atoms with van der Waals surface area (Å²) in [5.41, 5.74) is 1.90. The number of ether oxygens (including phenoxy) is 1. The van der Waals surface area contributed by atoms with E-state index in [2.05, 4.69) is 14.1 Å². The first-order valence-corrected chi connectivity index (χ1v) is 7.33. The summed E-state index contributed by atoms with van der Waals surface area (Å²) in [6.45, 7) is -0.251. The highest BCUT2D eigenvalue weighted by molar-refractivity contribution is 7.00. The van der Waals surface area contributed by atoms with Crippen molar-refractivity contribution in [3.05, 3.63) is 47.2 Å². The van der Waals surface area contributed by atoms with Gasteiger partial charge in [0.25, 0.3) is 5.91 Å². The highest BCUT2D eigenvalue weighted by Crippen LogP contribution is 2.25. The maximum Gasteiger partial charge on any atom is 0.262 e. The number of benzene rings is 2. The molecule has 1 N–H and O–H groups in total. The molecule has 1 amide bonds. The lowest BCUT2D eigenvalue weighted by atomic mass is 10.2. The Labute approximate surface area is 134 Å². The molecule has 0 fully saturated rings. The van der Waals surface area contributed by atoms with Crippen LogP contribution in [-0.4, -0.2) is 21.3 Å². The normalized spacial score (nSPS) is 10.6. The Morgan fingerprint density at radius 3 is 3.00 bits per heavy atom. The number of hydrogen-bond acceptors (Lipinski definition) is 5. The third-order valence-electron chi connectivity index (χ3n) is 2.81. The van der Waals surface area contributed by atoms with Crippen LogP contribution in [0.15, 0.2) is 36.4 Å². The van der Waals surface area contributed by atoms with Crippen molar-refractivity contribution in [1.82, 2.24) is 8.75 Å². The maximum absolute atomic E-state index is 12.9. The number of anilines is 1. The fourth-order valence-corrected chi connectivity index (χ4v) is 2.60. The molecule has 0 spiro atoms. The molecule has 5 nitrogen and oxygen atoms in total. The molecule has 1 heterocycles. The first-order valence-electron chi connectivity index (χ1n) is 6.22. The smallest absolute Gasteiger partial charge is 0.262 e. The predicted octanol–water partition coefficient (Wildman–Crippen LogP) is 3.50. The average molecular weight is 338 g/mol. The molecule has 3 rings (SSSR count). The van der Waals surface area contributed by atoms with Crippen molar-refractivity contribution < 1.29 is 13.9 Å². The first-order chi connectivity index (χ1) is 10.6. The molecule has 0 saturated carbocycles. The zero-order valence-electron chi connectivity index (χ0n) is 11.0. The Kier molecular flexibility index (Phi) is 4.17. The molecule has 1 aromatic heterocycles. The minimum atomic E-state index is -0.468. The van der Waals surface area contributed by atoms with Gasteiger partial charge in [-0.3, -0.25) is 4.79 Å². The number of nitrogens with zero attached hydrogens (tertiary/aromatic N) is 2. The van der Waals surface area contributed by atoms with Gasteiger partial charge in [0.15, 0.2) is 6.61 Å². The van der Waals surface area contributed by atoms with Gasteiger partial charge in [0.1, 0.15) is 22.6 Å². The third kappa shape index (κ3) is 3.15. The van der Waals surface area contributed by atoms with E-state index in [0.717, 1.165) is 17.8 Å². The first kappa shape index (κ1) is 14.7. The van der Waals surface area contributed by atoms with Crippen LogP contribution in [0.4, 0.5) is 10.1 Å². The number of amides is 1. The number of aromatic nitrogens is 2. The van der Waals surface area contributed by atoms with Crippen molar-refractivity contribution in [3.8, 4) is 5.75 Å². The van der Waals surface area contributed by atoms with E-state index in [9.17, 15) is 9.18 Å². The Balaban J connectivity index is 1.66. The van der Waals surface area contributed by atoms with E-state index >= 15 is 0 Å². The number of nitrogens with one attached hydrogen (secondary N) is 1. The van der Waals surface area contributed by atoms with Crippen LogP contribution < -0.4 is 10.1 Å². The summed E-state index contributed by atoms with van der Waals surface area (Å²) in [5.74, 6) is -0.600. The Bertz CT molecular complexity index is 840. The van der Waals surface area contributed by atoms with Gasteiger partial charge in [0, 0.05) is 0 Å². The molecule has 0 aliphatic heterocycles. The molecule has 0 radical (unpaired) electrons. The summed E-state index contributed by atoms with van der Waals surface area (Å²) < 4.78 is 26.4. The largest absolute Gasteiger partial charge is 0.482 e. The van der Waals surface area contributed by atoms with Gasteiger partial charge in [-0.05, 0) is 30.3 Å². The molecule has 0 aliphatic carbocycles. The van der Waals surface area contributed by atoms with Gasteiger partial charge >= 0.3 is 0 Å². The predicted molar refractivity (Wildman–Crippen MR) is 82.9 cm³/mol. The van der Waals surface area contributed by atoms with Gasteiger partial charge in [-0.2, -0.15) is 8.75 Å². The summed E-state index contributed by atoms with van der Waals surface area (Å²) in [4.78, 5) is 11.9. The average Bonchev–Trinajstić information content (AvgIpc) is 2.96. The molecule has 2 aromatic carbocycles. The lowest BCUT2D eigenvalue weighted by molar-refractivity contribution is -0.118. The van der Waals surface area contributed by atoms with Gasteiger partial charge < -0.3 is 10.1 Å². The summed E-state index contributed by atoms with van der Waals surface area (Å²) >= 11 is 6.90. The highest BCUT2D eigenvalue weighted by Gasteiger charge is 2.10. The quantitative estimate of drug-likeness (QED) is 0.791. The van der Waals surface area contributed by atoms with E-state index in [1.165, 1.54) is 12.1 Å². The summed E-state index contributed by atoms with van der Waals surface area (Å²) in [6.07, 6.45) is 0. The molecule has 8 heteroatoms. The fraction of sp³-hybridized carbons (Fsp3) is 0.0714. The van der Waals surface area contributed by atoms with Crippen molar-refractivity contribution in [2.45, 2.75) is 0 Å². The van der Waals surface area contributed by atoms with Crippen molar-refractivity contribution >= 4 is 46.0 Å². The van der Waals surface area contributed by atoms with Crippen molar-refractivity contribution in [2.24, 2.45) is 0 Å². The fourth-order valence-electron chi connectivity index (χ4n) is 1.83. The van der Waals surface area contributed by atoms with Crippen LogP contribution in [0.5, 0.6) is 5.75 Å². The molecular weight excluding hydrogens is 329 g/mol. The lowest BCUT2D eigenvalue weighted by Gasteiger charge is -2.09. The monoisotopic (exact) mass is 337 g/mol. The molecule has 0 unspecified atom stereocenters. The Morgan fingerprint density at radius 1 is 1.32 bits per heavy atom. The Hall–Kier alpha value is -2.25. The zero-order valence-corrected chi connectivity index (χ0v) is 12.6. The second kappa shape index (κ2) is 6.25. The number of hydrogen-bond donors (Lipinski definition) is 1. The second-order valence-corrected chi connectivity index (χ2v) is 5.28.